The lowest BCUT2D eigenvalue weighted by molar-refractivity contribution is 0.102. The summed E-state index contributed by atoms with van der Waals surface area (Å²) >= 11 is 0. The smallest absolute Gasteiger partial charge is 0.219 e. The summed E-state index contributed by atoms with van der Waals surface area (Å²) in [6, 6.07) is 8.37. The third-order valence-corrected chi connectivity index (χ3v) is 3.69. The molecule has 0 aliphatic carbocycles. The van der Waals surface area contributed by atoms with E-state index in [1.165, 1.54) is 0 Å². The minimum absolute atomic E-state index is 0.181. The van der Waals surface area contributed by atoms with Gasteiger partial charge in [0.15, 0.2) is 5.78 Å². The fourth-order valence-corrected chi connectivity index (χ4v) is 2.31. The van der Waals surface area contributed by atoms with Crippen LogP contribution < -0.4 is 4.72 Å². The van der Waals surface area contributed by atoms with Gasteiger partial charge in [-0.05, 0) is 6.42 Å². The van der Waals surface area contributed by atoms with Gasteiger partial charge in [-0.15, -0.1) is 0 Å². The number of ketones is 1. The number of carbonyl (C=O) groups is 1. The number of rotatable bonds is 7. The molecule has 0 unspecified atom stereocenters. The molecular formula is C13H17NO3S. The molecule has 98 valence electrons. The number of Topliss-reactive ketones (excluding diaryl/α,β-unsaturated/α-hetero) is 1. The van der Waals surface area contributed by atoms with E-state index in [9.17, 15) is 13.2 Å². The molecule has 4 nitrogen and oxygen atoms in total. The van der Waals surface area contributed by atoms with Gasteiger partial charge in [0.05, 0.1) is 0 Å². The van der Waals surface area contributed by atoms with Gasteiger partial charge in [-0.3, -0.25) is 4.79 Å². The van der Waals surface area contributed by atoms with E-state index in [-0.39, 0.29) is 6.54 Å². The maximum atomic E-state index is 11.7. The number of benzene rings is 1. The Labute approximate surface area is 108 Å². The molecule has 1 N–H and O–H groups in total. The van der Waals surface area contributed by atoms with Crippen LogP contribution in [0.5, 0.6) is 0 Å². The lowest BCUT2D eigenvalue weighted by atomic mass is 10.2. The summed E-state index contributed by atoms with van der Waals surface area (Å²) in [6.07, 6.45) is 0.704. The highest BCUT2D eigenvalue weighted by Gasteiger charge is 2.17. The number of hydrogen-bond donors (Lipinski definition) is 1. The topological polar surface area (TPSA) is 63.2 Å². The van der Waals surface area contributed by atoms with Gasteiger partial charge in [-0.1, -0.05) is 49.4 Å². The van der Waals surface area contributed by atoms with Gasteiger partial charge >= 0.3 is 0 Å². The Morgan fingerprint density at radius 2 is 1.89 bits per heavy atom. The lowest BCUT2D eigenvalue weighted by Crippen LogP contribution is -2.31. The first-order chi connectivity index (χ1) is 8.44. The van der Waals surface area contributed by atoms with Crippen LogP contribution in [0.15, 0.2) is 42.5 Å². The number of sulfonamides is 1. The highest BCUT2D eigenvalue weighted by molar-refractivity contribution is 7.90. The number of nitrogens with one attached hydrogen (secondary N) is 1. The molecule has 0 atom stereocenters. The predicted octanol–water partition coefficient (Wildman–Crippen LogP) is 1.75. The van der Waals surface area contributed by atoms with Gasteiger partial charge in [0.1, 0.15) is 5.75 Å². The third-order valence-electron chi connectivity index (χ3n) is 2.46. The molecule has 0 spiro atoms. The minimum atomic E-state index is -3.59. The second-order valence-electron chi connectivity index (χ2n) is 3.97. The lowest BCUT2D eigenvalue weighted by Gasteiger charge is -2.07. The Kier molecular flexibility index (Phi) is 5.25. The molecule has 0 aliphatic heterocycles. The first-order valence-electron chi connectivity index (χ1n) is 5.67. The van der Waals surface area contributed by atoms with Crippen molar-refractivity contribution in [2.24, 2.45) is 0 Å². The maximum Gasteiger partial charge on any atom is 0.219 e. The SMILES string of the molecule is C=C(CC)CNS(=O)(=O)CC(=O)c1ccccc1. The Morgan fingerprint density at radius 3 is 2.44 bits per heavy atom. The average Bonchev–Trinajstić information content (AvgIpc) is 2.36. The summed E-state index contributed by atoms with van der Waals surface area (Å²) in [7, 11) is -3.59. The van der Waals surface area contributed by atoms with Gasteiger partial charge < -0.3 is 0 Å². The molecule has 18 heavy (non-hydrogen) atoms. The molecule has 0 aliphatic rings. The van der Waals surface area contributed by atoms with Gasteiger partial charge in [-0.2, -0.15) is 0 Å². The molecule has 0 saturated heterocycles. The van der Waals surface area contributed by atoms with Crippen LogP contribution in [0.25, 0.3) is 0 Å². The summed E-state index contributed by atoms with van der Waals surface area (Å²) in [5.41, 5.74) is 1.18. The minimum Gasteiger partial charge on any atom is -0.293 e. The fourth-order valence-electron chi connectivity index (χ4n) is 1.27. The van der Waals surface area contributed by atoms with Crippen molar-refractivity contribution in [3.8, 4) is 0 Å². The van der Waals surface area contributed by atoms with Crippen LogP contribution in [0.3, 0.4) is 0 Å². The molecule has 0 aromatic heterocycles. The standard InChI is InChI=1S/C13H17NO3S/c1-3-11(2)9-14-18(16,17)10-13(15)12-7-5-4-6-8-12/h4-8,14H,2-3,9-10H2,1H3. The predicted molar refractivity (Wildman–Crippen MR) is 72.0 cm³/mol. The molecule has 0 radical (unpaired) electrons. The van der Waals surface area contributed by atoms with Gasteiger partial charge in [0.2, 0.25) is 10.0 Å². The van der Waals surface area contributed by atoms with Crippen LogP contribution in [0.1, 0.15) is 23.7 Å². The first kappa shape index (κ1) is 14.6. The Bertz CT molecular complexity index is 520. The van der Waals surface area contributed by atoms with E-state index in [4.69, 9.17) is 0 Å². The van der Waals surface area contributed by atoms with Crippen LogP contribution in [-0.4, -0.2) is 26.5 Å². The van der Waals surface area contributed by atoms with Gasteiger partial charge in [0, 0.05) is 12.1 Å². The number of hydrogen-bond acceptors (Lipinski definition) is 3. The number of carbonyl (C=O) groups excluding carboxylic acids is 1. The Balaban J connectivity index is 2.61. The molecule has 1 rings (SSSR count). The monoisotopic (exact) mass is 267 g/mol. The third kappa shape index (κ3) is 4.81. The first-order valence-corrected chi connectivity index (χ1v) is 7.32. The molecule has 5 heteroatoms. The van der Waals surface area contributed by atoms with Gasteiger partial charge in [0.25, 0.3) is 0 Å². The molecule has 1 aromatic rings. The molecule has 0 bridgehead atoms. The van der Waals surface area contributed by atoms with E-state index in [1.54, 1.807) is 30.3 Å². The molecule has 0 fully saturated rings. The second kappa shape index (κ2) is 6.47. The van der Waals surface area contributed by atoms with Gasteiger partial charge in [-0.25, -0.2) is 13.1 Å². The van der Waals surface area contributed by atoms with Crippen LogP contribution in [-0.2, 0) is 10.0 Å². The molecule has 0 saturated carbocycles. The van der Waals surface area contributed by atoms with E-state index >= 15 is 0 Å². The quantitative estimate of drug-likeness (QED) is 0.605. The van der Waals surface area contributed by atoms with Crippen LogP contribution in [0, 0.1) is 0 Å². The van der Waals surface area contributed by atoms with Crippen molar-refractivity contribution in [2.75, 3.05) is 12.3 Å². The van der Waals surface area contributed by atoms with Crippen molar-refractivity contribution >= 4 is 15.8 Å². The zero-order valence-electron chi connectivity index (χ0n) is 10.3. The largest absolute Gasteiger partial charge is 0.293 e. The van der Waals surface area contributed by atoms with Crippen LogP contribution >= 0.6 is 0 Å². The van der Waals surface area contributed by atoms with Crippen molar-refractivity contribution in [3.63, 3.8) is 0 Å². The van der Waals surface area contributed by atoms with E-state index in [0.29, 0.717) is 12.0 Å². The van der Waals surface area contributed by atoms with Crippen molar-refractivity contribution in [1.82, 2.24) is 4.72 Å². The molecular weight excluding hydrogens is 250 g/mol. The Morgan fingerprint density at radius 1 is 1.28 bits per heavy atom. The summed E-state index contributed by atoms with van der Waals surface area (Å²) in [4.78, 5) is 11.7. The summed E-state index contributed by atoms with van der Waals surface area (Å²) in [5.74, 6) is -0.946. The maximum absolute atomic E-state index is 11.7. The van der Waals surface area contributed by atoms with Crippen LogP contribution in [0.4, 0.5) is 0 Å². The van der Waals surface area contributed by atoms with E-state index < -0.39 is 21.6 Å². The van der Waals surface area contributed by atoms with Crippen molar-refractivity contribution in [3.05, 3.63) is 48.0 Å². The summed E-state index contributed by atoms with van der Waals surface area (Å²) in [5, 5.41) is 0. The normalized spacial score (nSPS) is 11.2. The molecule has 0 amide bonds. The van der Waals surface area contributed by atoms with Crippen molar-refractivity contribution < 1.29 is 13.2 Å². The Hall–Kier alpha value is -1.46. The highest BCUT2D eigenvalue weighted by Crippen LogP contribution is 2.02. The molecule has 0 heterocycles. The van der Waals surface area contributed by atoms with Crippen molar-refractivity contribution in [2.45, 2.75) is 13.3 Å². The summed E-state index contributed by atoms with van der Waals surface area (Å²) < 4.78 is 25.7. The van der Waals surface area contributed by atoms with E-state index in [0.717, 1.165) is 5.57 Å². The zero-order chi connectivity index (χ0) is 13.6. The highest BCUT2D eigenvalue weighted by atomic mass is 32.2. The van der Waals surface area contributed by atoms with Crippen molar-refractivity contribution in [1.29, 1.82) is 0 Å². The van der Waals surface area contributed by atoms with E-state index in [2.05, 4.69) is 11.3 Å². The van der Waals surface area contributed by atoms with E-state index in [1.807, 2.05) is 6.92 Å². The average molecular weight is 267 g/mol. The molecule has 1 aromatic carbocycles. The second-order valence-corrected chi connectivity index (χ2v) is 5.78. The van der Waals surface area contributed by atoms with Crippen LogP contribution in [0.2, 0.25) is 0 Å². The zero-order valence-corrected chi connectivity index (χ0v) is 11.2. The fraction of sp³-hybridized carbons (Fsp3) is 0.308. The summed E-state index contributed by atoms with van der Waals surface area (Å²) in [6.45, 7) is 5.78.